The van der Waals surface area contributed by atoms with Gasteiger partial charge in [0.1, 0.15) is 16.2 Å². The molecule has 4 rings (SSSR count). The highest BCUT2D eigenvalue weighted by Gasteiger charge is 2.16. The van der Waals surface area contributed by atoms with Crippen molar-refractivity contribution in [1.82, 2.24) is 4.98 Å². The number of methoxy groups -OCH3 is 1. The summed E-state index contributed by atoms with van der Waals surface area (Å²) in [6.07, 6.45) is 1.98. The summed E-state index contributed by atoms with van der Waals surface area (Å²) in [7, 11) is 1.66. The SMILES string of the molecule is CCCc1ccc(OC)c2cc(-c3ccc(-c4ccc(C(=O)O)s4)[nH]3)oc12. The molecule has 5 nitrogen and oxygen atoms in total. The average molecular weight is 381 g/mol. The standard InChI is InChI=1S/C21H19NO4S/c1-3-4-12-5-8-16(25-2)13-11-17(26-20(12)13)14-6-7-15(22-14)18-9-10-19(27-18)21(23)24/h5-11,22H,3-4H2,1-2H3,(H,23,24). The van der Waals surface area contributed by atoms with Crippen LogP contribution in [0.1, 0.15) is 28.6 Å². The highest BCUT2D eigenvalue weighted by molar-refractivity contribution is 7.17. The highest BCUT2D eigenvalue weighted by atomic mass is 32.1. The van der Waals surface area contributed by atoms with Crippen molar-refractivity contribution in [3.8, 4) is 27.8 Å². The molecule has 3 aromatic heterocycles. The van der Waals surface area contributed by atoms with Crippen molar-refractivity contribution in [2.45, 2.75) is 19.8 Å². The van der Waals surface area contributed by atoms with Crippen LogP contribution < -0.4 is 4.74 Å². The van der Waals surface area contributed by atoms with Crippen molar-refractivity contribution in [1.29, 1.82) is 0 Å². The lowest BCUT2D eigenvalue weighted by atomic mass is 10.1. The van der Waals surface area contributed by atoms with Gasteiger partial charge >= 0.3 is 5.97 Å². The number of carboxylic acids is 1. The van der Waals surface area contributed by atoms with Crippen LogP contribution in [-0.2, 0) is 6.42 Å². The molecule has 6 heteroatoms. The Labute approximate surface area is 160 Å². The van der Waals surface area contributed by atoms with Crippen LogP contribution in [0.5, 0.6) is 5.75 Å². The zero-order valence-corrected chi connectivity index (χ0v) is 15.9. The number of benzene rings is 1. The predicted molar refractivity (Wildman–Crippen MR) is 107 cm³/mol. The highest BCUT2D eigenvalue weighted by Crippen LogP contribution is 2.37. The van der Waals surface area contributed by atoms with E-state index in [-0.39, 0.29) is 0 Å². The van der Waals surface area contributed by atoms with E-state index in [0.29, 0.717) is 4.88 Å². The van der Waals surface area contributed by atoms with E-state index in [2.05, 4.69) is 18.0 Å². The number of carboxylic acid groups (broad SMARTS) is 1. The van der Waals surface area contributed by atoms with Gasteiger partial charge in [0.25, 0.3) is 0 Å². The van der Waals surface area contributed by atoms with Crippen molar-refractivity contribution in [3.63, 3.8) is 0 Å². The van der Waals surface area contributed by atoms with Crippen molar-refractivity contribution in [3.05, 3.63) is 52.9 Å². The maximum atomic E-state index is 11.1. The minimum Gasteiger partial charge on any atom is -0.496 e. The molecule has 0 bridgehead atoms. The number of furan rings is 1. The molecule has 1 aromatic carbocycles. The van der Waals surface area contributed by atoms with Crippen LogP contribution in [0.3, 0.4) is 0 Å². The first-order chi connectivity index (χ1) is 13.1. The van der Waals surface area contributed by atoms with Crippen LogP contribution >= 0.6 is 11.3 Å². The third-order valence-electron chi connectivity index (χ3n) is 4.50. The summed E-state index contributed by atoms with van der Waals surface area (Å²) in [6.45, 7) is 2.14. The number of rotatable bonds is 6. The van der Waals surface area contributed by atoms with E-state index in [0.717, 1.165) is 57.1 Å². The molecule has 0 unspecified atom stereocenters. The van der Waals surface area contributed by atoms with Gasteiger partial charge < -0.3 is 19.2 Å². The van der Waals surface area contributed by atoms with Gasteiger partial charge in [0.15, 0.2) is 5.76 Å². The first-order valence-electron chi connectivity index (χ1n) is 8.73. The summed E-state index contributed by atoms with van der Waals surface area (Å²) in [4.78, 5) is 15.6. The van der Waals surface area contributed by atoms with E-state index < -0.39 is 5.97 Å². The second kappa shape index (κ2) is 6.96. The number of fused-ring (bicyclic) bond motifs is 1. The number of nitrogens with one attached hydrogen (secondary N) is 1. The van der Waals surface area contributed by atoms with E-state index in [1.165, 1.54) is 11.3 Å². The monoisotopic (exact) mass is 381 g/mol. The molecule has 0 radical (unpaired) electrons. The third-order valence-corrected chi connectivity index (χ3v) is 5.60. The molecule has 3 heterocycles. The molecule has 0 fully saturated rings. The number of carbonyl (C=O) groups is 1. The van der Waals surface area contributed by atoms with Gasteiger partial charge in [-0.1, -0.05) is 19.4 Å². The minimum atomic E-state index is -0.911. The van der Waals surface area contributed by atoms with Gasteiger partial charge in [0.2, 0.25) is 0 Å². The summed E-state index contributed by atoms with van der Waals surface area (Å²) >= 11 is 1.24. The largest absolute Gasteiger partial charge is 0.496 e. The fourth-order valence-corrected chi connectivity index (χ4v) is 4.04. The molecule has 2 N–H and O–H groups in total. The summed E-state index contributed by atoms with van der Waals surface area (Å²) in [6, 6.07) is 13.3. The number of hydrogen-bond acceptors (Lipinski definition) is 4. The van der Waals surface area contributed by atoms with Crippen LogP contribution in [-0.4, -0.2) is 23.2 Å². The zero-order valence-electron chi connectivity index (χ0n) is 15.0. The topological polar surface area (TPSA) is 75.5 Å². The molecule has 0 saturated carbocycles. The molecule has 0 aliphatic rings. The Morgan fingerprint density at radius 2 is 2.00 bits per heavy atom. The number of H-pyrrole nitrogens is 1. The number of thiophene rings is 1. The van der Waals surface area contributed by atoms with Crippen molar-refractivity contribution >= 4 is 28.3 Å². The minimum absolute atomic E-state index is 0.318. The summed E-state index contributed by atoms with van der Waals surface area (Å²) in [5.74, 6) is 0.606. The molecular formula is C21H19NO4S. The second-order valence-electron chi connectivity index (χ2n) is 6.29. The van der Waals surface area contributed by atoms with Gasteiger partial charge in [-0.25, -0.2) is 4.79 Å². The lowest BCUT2D eigenvalue weighted by molar-refractivity contribution is 0.0702. The Balaban J connectivity index is 1.75. The van der Waals surface area contributed by atoms with Crippen LogP contribution in [0.25, 0.3) is 33.0 Å². The zero-order chi connectivity index (χ0) is 19.0. The first kappa shape index (κ1) is 17.4. The Bertz CT molecular complexity index is 1120. The molecule has 4 aromatic rings. The van der Waals surface area contributed by atoms with E-state index in [4.69, 9.17) is 14.3 Å². The quantitative estimate of drug-likeness (QED) is 0.441. The Kier molecular flexibility index (Phi) is 4.49. The molecule has 27 heavy (non-hydrogen) atoms. The number of aromatic amines is 1. The molecule has 0 atom stereocenters. The Morgan fingerprint density at radius 1 is 1.19 bits per heavy atom. The number of ether oxygens (including phenoxy) is 1. The van der Waals surface area contributed by atoms with Crippen LogP contribution in [0.2, 0.25) is 0 Å². The van der Waals surface area contributed by atoms with Gasteiger partial charge in [-0.05, 0) is 48.4 Å². The maximum absolute atomic E-state index is 11.1. The summed E-state index contributed by atoms with van der Waals surface area (Å²) < 4.78 is 11.7. The molecule has 0 aliphatic heterocycles. The smallest absolute Gasteiger partial charge is 0.345 e. The Hall–Kier alpha value is -2.99. The lowest BCUT2D eigenvalue weighted by Gasteiger charge is -2.04. The van der Waals surface area contributed by atoms with Crippen molar-refractivity contribution < 1.29 is 19.1 Å². The average Bonchev–Trinajstić information content (AvgIpc) is 3.39. The lowest BCUT2D eigenvalue weighted by Crippen LogP contribution is -1.89. The van der Waals surface area contributed by atoms with E-state index in [1.807, 2.05) is 30.3 Å². The molecule has 138 valence electrons. The molecule has 0 aliphatic carbocycles. The molecule has 0 amide bonds. The van der Waals surface area contributed by atoms with Gasteiger partial charge in [0.05, 0.1) is 28.8 Å². The second-order valence-corrected chi connectivity index (χ2v) is 7.37. The number of aromatic nitrogens is 1. The van der Waals surface area contributed by atoms with Crippen LogP contribution in [0.15, 0.2) is 46.9 Å². The summed E-state index contributed by atoms with van der Waals surface area (Å²) in [5.41, 5.74) is 3.72. The van der Waals surface area contributed by atoms with E-state index >= 15 is 0 Å². The van der Waals surface area contributed by atoms with Gasteiger partial charge in [-0.3, -0.25) is 0 Å². The number of aromatic carboxylic acids is 1. The fourth-order valence-electron chi connectivity index (χ4n) is 3.21. The number of aryl methyl sites for hydroxylation is 1. The van der Waals surface area contributed by atoms with Gasteiger partial charge in [-0.2, -0.15) is 0 Å². The first-order valence-corrected chi connectivity index (χ1v) is 9.54. The van der Waals surface area contributed by atoms with E-state index in [9.17, 15) is 4.79 Å². The molecular weight excluding hydrogens is 362 g/mol. The molecule has 0 spiro atoms. The van der Waals surface area contributed by atoms with Crippen molar-refractivity contribution in [2.24, 2.45) is 0 Å². The van der Waals surface area contributed by atoms with Crippen LogP contribution in [0, 0.1) is 0 Å². The molecule has 0 saturated heterocycles. The van der Waals surface area contributed by atoms with Crippen LogP contribution in [0.4, 0.5) is 0 Å². The maximum Gasteiger partial charge on any atom is 0.345 e. The van der Waals surface area contributed by atoms with Gasteiger partial charge in [0, 0.05) is 0 Å². The fraction of sp³-hybridized carbons (Fsp3) is 0.190. The Morgan fingerprint density at radius 3 is 2.70 bits per heavy atom. The normalized spacial score (nSPS) is 11.2. The van der Waals surface area contributed by atoms with E-state index in [1.54, 1.807) is 13.2 Å². The van der Waals surface area contributed by atoms with Gasteiger partial charge in [-0.15, -0.1) is 11.3 Å². The third kappa shape index (κ3) is 3.13. The number of hydrogen-bond donors (Lipinski definition) is 2. The van der Waals surface area contributed by atoms with Crippen molar-refractivity contribution in [2.75, 3.05) is 7.11 Å². The predicted octanol–water partition coefficient (Wildman–Crippen LogP) is 5.82. The summed E-state index contributed by atoms with van der Waals surface area (Å²) in [5, 5.41) is 10.1.